The van der Waals surface area contributed by atoms with Crippen LogP contribution in [0.5, 0.6) is 0 Å². The van der Waals surface area contributed by atoms with Gasteiger partial charge in [0.05, 0.1) is 17.5 Å². The van der Waals surface area contributed by atoms with Crippen molar-refractivity contribution in [2.45, 2.75) is 26.2 Å². The molecule has 0 radical (unpaired) electrons. The van der Waals surface area contributed by atoms with Gasteiger partial charge in [-0.3, -0.25) is 0 Å². The SMILES string of the molecule is [C-]#[N+]c1cc2c3c([n+](C)ccc3c1)-c1c(c3c4c(cccc4c1C)CCC3)P2C. The Morgan fingerprint density at radius 1 is 1.10 bits per heavy atom. The summed E-state index contributed by atoms with van der Waals surface area (Å²) < 4.78 is 2.29. The summed E-state index contributed by atoms with van der Waals surface area (Å²) in [5, 5.41) is 8.44. The molecule has 0 N–H and O–H groups in total. The maximum Gasteiger partial charge on any atom is 0.221 e. The van der Waals surface area contributed by atoms with Crippen molar-refractivity contribution in [2.24, 2.45) is 7.05 Å². The van der Waals surface area contributed by atoms with Crippen molar-refractivity contribution in [2.75, 3.05) is 6.66 Å². The molecule has 3 aromatic carbocycles. The number of nitrogens with zero attached hydrogens (tertiary/aromatic N) is 2. The zero-order valence-corrected chi connectivity index (χ0v) is 17.9. The van der Waals surface area contributed by atoms with Crippen LogP contribution >= 0.6 is 7.92 Å². The van der Waals surface area contributed by atoms with E-state index in [1.807, 2.05) is 0 Å². The average Bonchev–Trinajstić information content (AvgIpc) is 2.75. The minimum Gasteiger partial charge on any atom is -0.238 e. The first kappa shape index (κ1) is 17.1. The van der Waals surface area contributed by atoms with Crippen molar-refractivity contribution in [1.29, 1.82) is 0 Å². The summed E-state index contributed by atoms with van der Waals surface area (Å²) in [5.74, 6) is 0. The van der Waals surface area contributed by atoms with E-state index in [0.29, 0.717) is 0 Å². The second-order valence-corrected chi connectivity index (χ2v) is 10.4. The molecule has 0 fully saturated rings. The Kier molecular flexibility index (Phi) is 3.48. The standard InChI is InChI=1S/C26H22N2P/c1-15-19-9-5-7-16-8-6-10-20(23(16)19)26-22(15)25-24-17(11-12-28(25)3)13-18(27-2)14-21(24)29(26)4/h5,7,9,11-14H,6,8,10H2,1,3-4H3/q+1. The van der Waals surface area contributed by atoms with Gasteiger partial charge in [0.25, 0.3) is 0 Å². The largest absolute Gasteiger partial charge is 0.238 e. The monoisotopic (exact) mass is 393 g/mol. The molecule has 2 aliphatic rings. The average molecular weight is 393 g/mol. The van der Waals surface area contributed by atoms with Crippen molar-refractivity contribution >= 4 is 45.8 Å². The van der Waals surface area contributed by atoms with E-state index in [2.05, 4.69) is 72.6 Å². The third-order valence-corrected chi connectivity index (χ3v) is 9.13. The van der Waals surface area contributed by atoms with Crippen LogP contribution in [0.25, 0.3) is 37.6 Å². The lowest BCUT2D eigenvalue weighted by Gasteiger charge is -2.32. The summed E-state index contributed by atoms with van der Waals surface area (Å²) in [7, 11) is 1.67. The molecule has 3 heteroatoms. The smallest absolute Gasteiger partial charge is 0.221 e. The third kappa shape index (κ3) is 2.12. The van der Waals surface area contributed by atoms with Crippen molar-refractivity contribution in [3.63, 3.8) is 0 Å². The van der Waals surface area contributed by atoms with E-state index in [9.17, 15) is 0 Å². The second-order valence-electron chi connectivity index (χ2n) is 8.40. The molecule has 140 valence electrons. The quantitative estimate of drug-likeness (QED) is 0.220. The second kappa shape index (κ2) is 5.88. The van der Waals surface area contributed by atoms with E-state index in [1.165, 1.54) is 68.5 Å². The zero-order valence-electron chi connectivity index (χ0n) is 17.0. The van der Waals surface area contributed by atoms with Crippen LogP contribution in [0.15, 0.2) is 42.6 Å². The lowest BCUT2D eigenvalue weighted by molar-refractivity contribution is -0.659. The first-order valence-corrected chi connectivity index (χ1v) is 12.0. The number of benzene rings is 3. The number of aromatic nitrogens is 1. The first-order chi connectivity index (χ1) is 14.1. The van der Waals surface area contributed by atoms with Gasteiger partial charge in [-0.25, -0.2) is 9.41 Å². The topological polar surface area (TPSA) is 8.24 Å². The highest BCUT2D eigenvalue weighted by molar-refractivity contribution is 7.73. The highest BCUT2D eigenvalue weighted by atomic mass is 31.1. The predicted molar refractivity (Wildman–Crippen MR) is 123 cm³/mol. The molecule has 0 saturated heterocycles. The zero-order chi connectivity index (χ0) is 19.9. The van der Waals surface area contributed by atoms with E-state index < -0.39 is 7.92 Å². The number of hydrogen-bond acceptors (Lipinski definition) is 0. The van der Waals surface area contributed by atoms with Crippen molar-refractivity contribution in [3.05, 3.63) is 70.7 Å². The lowest BCUT2D eigenvalue weighted by Crippen LogP contribution is -2.37. The number of pyridine rings is 1. The van der Waals surface area contributed by atoms with Gasteiger partial charge in [0, 0.05) is 6.07 Å². The van der Waals surface area contributed by atoms with Gasteiger partial charge < -0.3 is 0 Å². The van der Waals surface area contributed by atoms with E-state index in [-0.39, 0.29) is 0 Å². The Morgan fingerprint density at radius 3 is 2.79 bits per heavy atom. The van der Waals surface area contributed by atoms with Gasteiger partial charge in [0.1, 0.15) is 7.05 Å². The predicted octanol–water partition coefficient (Wildman–Crippen LogP) is 5.21. The molecule has 1 atom stereocenters. The highest BCUT2D eigenvalue weighted by Crippen LogP contribution is 2.49. The van der Waals surface area contributed by atoms with Crippen LogP contribution in [0.1, 0.15) is 23.1 Å². The molecule has 6 rings (SSSR count). The van der Waals surface area contributed by atoms with Crippen LogP contribution < -0.4 is 15.2 Å². The number of rotatable bonds is 0. The Labute approximate surface area is 172 Å². The fraction of sp³-hybridized carbons (Fsp3) is 0.231. The molecular formula is C26H22N2P+. The molecule has 29 heavy (non-hydrogen) atoms. The molecule has 1 aliphatic heterocycles. The van der Waals surface area contributed by atoms with Gasteiger partial charge in [0.2, 0.25) is 5.69 Å². The molecule has 1 aromatic heterocycles. The Balaban J connectivity index is 1.89. The Morgan fingerprint density at radius 2 is 1.97 bits per heavy atom. The van der Waals surface area contributed by atoms with Crippen LogP contribution in [0.3, 0.4) is 0 Å². The third-order valence-electron chi connectivity index (χ3n) is 6.89. The van der Waals surface area contributed by atoms with Crippen LogP contribution in [0.2, 0.25) is 0 Å². The molecule has 0 spiro atoms. The van der Waals surface area contributed by atoms with Crippen LogP contribution in [0, 0.1) is 13.5 Å². The van der Waals surface area contributed by atoms with E-state index >= 15 is 0 Å². The van der Waals surface area contributed by atoms with Gasteiger partial charge in [0.15, 0.2) is 11.9 Å². The maximum absolute atomic E-state index is 7.60. The minimum atomic E-state index is -0.498. The highest BCUT2D eigenvalue weighted by Gasteiger charge is 2.35. The molecule has 2 heterocycles. The van der Waals surface area contributed by atoms with Crippen LogP contribution in [-0.2, 0) is 19.9 Å². The minimum absolute atomic E-state index is 0.498. The normalized spacial score (nSPS) is 16.7. The van der Waals surface area contributed by atoms with Gasteiger partial charge in [-0.15, -0.1) is 0 Å². The van der Waals surface area contributed by atoms with Gasteiger partial charge in [-0.1, -0.05) is 18.2 Å². The van der Waals surface area contributed by atoms with E-state index in [0.717, 1.165) is 5.69 Å². The molecule has 0 bridgehead atoms. The molecule has 0 saturated carbocycles. The van der Waals surface area contributed by atoms with Crippen molar-refractivity contribution in [3.8, 4) is 11.3 Å². The molecule has 4 aromatic rings. The maximum atomic E-state index is 7.60. The van der Waals surface area contributed by atoms with Crippen molar-refractivity contribution < 1.29 is 4.57 Å². The Bertz CT molecular complexity index is 1430. The molecular weight excluding hydrogens is 371 g/mol. The van der Waals surface area contributed by atoms with E-state index in [4.69, 9.17) is 6.57 Å². The van der Waals surface area contributed by atoms with Gasteiger partial charge in [-0.2, -0.15) is 0 Å². The molecule has 2 nitrogen and oxygen atoms in total. The summed E-state index contributed by atoms with van der Waals surface area (Å²) in [6, 6.07) is 13.3. The van der Waals surface area contributed by atoms with Crippen molar-refractivity contribution in [1.82, 2.24) is 0 Å². The van der Waals surface area contributed by atoms with E-state index in [1.54, 1.807) is 10.9 Å². The van der Waals surface area contributed by atoms with Gasteiger partial charge >= 0.3 is 0 Å². The first-order valence-electron chi connectivity index (χ1n) is 10.2. The lowest BCUT2D eigenvalue weighted by atomic mass is 9.83. The fourth-order valence-corrected chi connectivity index (χ4v) is 8.01. The van der Waals surface area contributed by atoms with Crippen LogP contribution in [0.4, 0.5) is 5.69 Å². The number of aryl methyl sites for hydroxylation is 4. The van der Waals surface area contributed by atoms with Crippen LogP contribution in [-0.4, -0.2) is 6.66 Å². The molecule has 1 unspecified atom stereocenters. The Hall–Kier alpha value is -2.75. The summed E-state index contributed by atoms with van der Waals surface area (Å²) in [6.07, 6.45) is 5.75. The molecule has 1 aliphatic carbocycles. The summed E-state index contributed by atoms with van der Waals surface area (Å²) >= 11 is 0. The summed E-state index contributed by atoms with van der Waals surface area (Å²) in [4.78, 5) is 3.78. The fourth-order valence-electron chi connectivity index (χ4n) is 5.63. The molecule has 0 amide bonds. The number of hydrogen-bond donors (Lipinski definition) is 0. The number of fused-ring (bicyclic) bond motifs is 3. The summed E-state index contributed by atoms with van der Waals surface area (Å²) in [6.45, 7) is 12.3. The summed E-state index contributed by atoms with van der Waals surface area (Å²) in [5.41, 5.74) is 8.05. The van der Waals surface area contributed by atoms with Gasteiger partial charge in [-0.05, 0) is 96.4 Å².